The predicted molar refractivity (Wildman–Crippen MR) is 245 cm³/mol. The summed E-state index contributed by atoms with van der Waals surface area (Å²) in [7, 11) is 1.88. The number of thiocarbonyl (C=S) groups is 1. The van der Waals surface area contributed by atoms with Crippen molar-refractivity contribution in [3.8, 4) is 0 Å². The van der Waals surface area contributed by atoms with Gasteiger partial charge >= 0.3 is 12.1 Å². The van der Waals surface area contributed by atoms with Crippen LogP contribution in [-0.2, 0) is 19.0 Å². The van der Waals surface area contributed by atoms with E-state index in [1.807, 2.05) is 7.05 Å². The Kier molecular flexibility index (Phi) is 36.2. The molecule has 336 valence electrons. The standard InChI is InChI=1S/C48H93N3O5S/c1-5-8-11-14-17-24-31-40-54-47(53)55-41-32-25-23-30-39-51(43-48(36-37-48)42-50-46(57)49-4)38-29-22-18-21-28-35-45(52)56-44(33-26-19-15-12-9-6-2)34-27-20-16-13-10-7-3/h44H,5-43H2,1-4H3,(H2,49,50,57). The van der Waals surface area contributed by atoms with Crippen LogP contribution in [0.4, 0.5) is 4.79 Å². The molecule has 0 aromatic rings. The third-order valence-corrected chi connectivity index (χ3v) is 12.2. The molecule has 2 N–H and O–H groups in total. The van der Waals surface area contributed by atoms with Crippen LogP contribution < -0.4 is 10.6 Å². The van der Waals surface area contributed by atoms with E-state index in [0.29, 0.717) is 25.0 Å². The quantitative estimate of drug-likeness (QED) is 0.0355. The minimum Gasteiger partial charge on any atom is -0.462 e. The normalized spacial score (nSPS) is 13.2. The number of esters is 1. The fraction of sp³-hybridized carbons (Fsp3) is 0.938. The zero-order valence-electron chi connectivity index (χ0n) is 38.1. The molecule has 1 aliphatic rings. The van der Waals surface area contributed by atoms with Crippen molar-refractivity contribution in [1.82, 2.24) is 15.5 Å². The Labute approximate surface area is 358 Å². The van der Waals surface area contributed by atoms with Crippen molar-refractivity contribution in [2.24, 2.45) is 5.41 Å². The molecule has 57 heavy (non-hydrogen) atoms. The van der Waals surface area contributed by atoms with E-state index in [2.05, 4.69) is 36.3 Å². The van der Waals surface area contributed by atoms with Gasteiger partial charge in [-0.25, -0.2) is 4.79 Å². The van der Waals surface area contributed by atoms with Gasteiger partial charge in [-0.05, 0) is 95.9 Å². The van der Waals surface area contributed by atoms with Gasteiger partial charge in [-0.15, -0.1) is 0 Å². The van der Waals surface area contributed by atoms with E-state index < -0.39 is 6.16 Å². The number of nitrogens with one attached hydrogen (secondary N) is 2. The summed E-state index contributed by atoms with van der Waals surface area (Å²) in [6, 6.07) is 0. The number of carbonyl (C=O) groups excluding carboxylic acids is 2. The first-order valence-corrected chi connectivity index (χ1v) is 25.0. The number of rotatable bonds is 42. The molecule has 0 bridgehead atoms. The summed E-state index contributed by atoms with van der Waals surface area (Å²) in [6.07, 6.45) is 38.4. The maximum absolute atomic E-state index is 12.9. The van der Waals surface area contributed by atoms with Crippen molar-refractivity contribution in [2.75, 3.05) is 46.4 Å². The molecule has 0 radical (unpaired) electrons. The fourth-order valence-electron chi connectivity index (χ4n) is 7.82. The van der Waals surface area contributed by atoms with E-state index in [1.54, 1.807) is 0 Å². The highest BCUT2D eigenvalue weighted by molar-refractivity contribution is 7.80. The zero-order valence-corrected chi connectivity index (χ0v) is 38.9. The Balaban J connectivity index is 2.34. The van der Waals surface area contributed by atoms with Crippen LogP contribution in [0.5, 0.6) is 0 Å². The van der Waals surface area contributed by atoms with Crippen LogP contribution in [0, 0.1) is 5.41 Å². The minimum absolute atomic E-state index is 0.0227. The third kappa shape index (κ3) is 33.9. The van der Waals surface area contributed by atoms with Gasteiger partial charge < -0.3 is 29.7 Å². The number of unbranched alkanes of at least 4 members (excludes halogenated alkanes) is 23. The van der Waals surface area contributed by atoms with Crippen molar-refractivity contribution >= 4 is 29.5 Å². The van der Waals surface area contributed by atoms with E-state index in [0.717, 1.165) is 95.5 Å². The molecule has 1 fully saturated rings. The SMILES string of the molecule is CCCCCCCCCOC(=O)OCCCCCCN(CCCCCCCC(=O)OC(CCCCCCCC)CCCCCCCC)CC1(CNC(=S)NC)CC1. The molecular formula is C48H93N3O5S. The number of ether oxygens (including phenoxy) is 3. The third-order valence-electron chi connectivity index (χ3n) is 11.8. The maximum Gasteiger partial charge on any atom is 0.508 e. The van der Waals surface area contributed by atoms with E-state index in [4.69, 9.17) is 26.4 Å². The first-order chi connectivity index (χ1) is 27.9. The van der Waals surface area contributed by atoms with Gasteiger partial charge in [0.15, 0.2) is 5.11 Å². The molecule has 8 nitrogen and oxygen atoms in total. The van der Waals surface area contributed by atoms with Gasteiger partial charge in [0.25, 0.3) is 0 Å². The first kappa shape index (κ1) is 53.4. The average molecular weight is 824 g/mol. The maximum atomic E-state index is 12.9. The number of hydrogen-bond donors (Lipinski definition) is 2. The van der Waals surface area contributed by atoms with Crippen molar-refractivity contribution < 1.29 is 23.8 Å². The Morgan fingerprint density at radius 3 is 1.47 bits per heavy atom. The first-order valence-electron chi connectivity index (χ1n) is 24.5. The largest absolute Gasteiger partial charge is 0.508 e. The molecule has 0 heterocycles. The lowest BCUT2D eigenvalue weighted by Gasteiger charge is -2.28. The van der Waals surface area contributed by atoms with E-state index in [-0.39, 0.29) is 12.1 Å². The van der Waals surface area contributed by atoms with Gasteiger partial charge in [-0.2, -0.15) is 0 Å². The van der Waals surface area contributed by atoms with Gasteiger partial charge in [-0.3, -0.25) is 4.79 Å². The lowest BCUT2D eigenvalue weighted by Crippen LogP contribution is -2.41. The summed E-state index contributed by atoms with van der Waals surface area (Å²) in [4.78, 5) is 27.5. The highest BCUT2D eigenvalue weighted by Crippen LogP contribution is 2.45. The summed E-state index contributed by atoms with van der Waals surface area (Å²) in [5.41, 5.74) is 0.326. The van der Waals surface area contributed by atoms with Crippen LogP contribution in [0.25, 0.3) is 0 Å². The second kappa shape index (κ2) is 38.6. The molecule has 0 atom stereocenters. The van der Waals surface area contributed by atoms with E-state index in [9.17, 15) is 9.59 Å². The van der Waals surface area contributed by atoms with E-state index in [1.165, 1.54) is 141 Å². The molecule has 0 aliphatic heterocycles. The number of hydrogen-bond acceptors (Lipinski definition) is 7. The monoisotopic (exact) mass is 824 g/mol. The van der Waals surface area contributed by atoms with E-state index >= 15 is 0 Å². The Hall–Kier alpha value is -1.61. The second-order valence-corrected chi connectivity index (χ2v) is 17.8. The molecule has 9 heteroatoms. The molecule has 0 spiro atoms. The lowest BCUT2D eigenvalue weighted by molar-refractivity contribution is -0.150. The van der Waals surface area contributed by atoms with Crippen LogP contribution in [0.2, 0.25) is 0 Å². The van der Waals surface area contributed by atoms with Crippen molar-refractivity contribution in [2.45, 2.75) is 239 Å². The van der Waals surface area contributed by atoms with Crippen molar-refractivity contribution in [3.63, 3.8) is 0 Å². The smallest absolute Gasteiger partial charge is 0.462 e. The highest BCUT2D eigenvalue weighted by atomic mass is 32.1. The number of carbonyl (C=O) groups is 2. The average Bonchev–Trinajstić information content (AvgIpc) is 3.98. The molecule has 1 aliphatic carbocycles. The molecule has 1 rings (SSSR count). The van der Waals surface area contributed by atoms with Gasteiger partial charge in [0.05, 0.1) is 13.2 Å². The molecule has 0 saturated heterocycles. The van der Waals surface area contributed by atoms with Crippen LogP contribution in [0.1, 0.15) is 233 Å². The molecule has 0 unspecified atom stereocenters. The minimum atomic E-state index is -0.514. The van der Waals surface area contributed by atoms with Crippen LogP contribution in [0.3, 0.4) is 0 Å². The van der Waals surface area contributed by atoms with Crippen LogP contribution in [0.15, 0.2) is 0 Å². The summed E-state index contributed by atoms with van der Waals surface area (Å²) in [6.45, 7) is 11.9. The highest BCUT2D eigenvalue weighted by Gasteiger charge is 2.43. The van der Waals surface area contributed by atoms with Crippen molar-refractivity contribution in [3.05, 3.63) is 0 Å². The molecule has 0 aromatic heterocycles. The van der Waals surface area contributed by atoms with Crippen molar-refractivity contribution in [1.29, 1.82) is 0 Å². The van der Waals surface area contributed by atoms with Gasteiger partial charge in [0, 0.05) is 32.0 Å². The Bertz CT molecular complexity index is 933. The molecule has 1 saturated carbocycles. The fourth-order valence-corrected chi connectivity index (χ4v) is 7.89. The Morgan fingerprint density at radius 1 is 0.596 bits per heavy atom. The molecule has 0 amide bonds. The lowest BCUT2D eigenvalue weighted by atomic mass is 10.0. The molecular weight excluding hydrogens is 731 g/mol. The topological polar surface area (TPSA) is 89.1 Å². The summed E-state index contributed by atoms with van der Waals surface area (Å²) in [5, 5.41) is 7.20. The summed E-state index contributed by atoms with van der Waals surface area (Å²) in [5.74, 6) is 0.0227. The Morgan fingerprint density at radius 2 is 1.02 bits per heavy atom. The van der Waals surface area contributed by atoms with Gasteiger partial charge in [0.1, 0.15) is 6.10 Å². The second-order valence-electron chi connectivity index (χ2n) is 17.4. The predicted octanol–water partition coefficient (Wildman–Crippen LogP) is 13.4. The van der Waals surface area contributed by atoms with Gasteiger partial charge in [0.2, 0.25) is 0 Å². The van der Waals surface area contributed by atoms with Gasteiger partial charge in [-0.1, -0.05) is 156 Å². The number of nitrogens with zero attached hydrogens (tertiary/aromatic N) is 1. The summed E-state index contributed by atoms with van der Waals surface area (Å²) < 4.78 is 16.7. The van der Waals surface area contributed by atoms with Crippen LogP contribution in [-0.4, -0.2) is 74.7 Å². The van der Waals surface area contributed by atoms with Crippen LogP contribution >= 0.6 is 12.2 Å². The zero-order chi connectivity index (χ0) is 41.5. The summed E-state index contributed by atoms with van der Waals surface area (Å²) >= 11 is 5.37. The molecule has 0 aromatic carbocycles.